The van der Waals surface area contributed by atoms with Gasteiger partial charge in [0.15, 0.2) is 0 Å². The predicted octanol–water partition coefficient (Wildman–Crippen LogP) is 4.58. The van der Waals surface area contributed by atoms with Gasteiger partial charge in [-0.15, -0.1) is 0 Å². The standard InChI is InChI=1S/C29H34ClN3O4S/c1-4-17-31-29(35)27(19-23-12-6-5-7-13-23)32(20-24-14-8-9-16-26(24)30)28(34)21-33(38(3,36)37)25-15-10-11-22(2)18-25/h5-16,18,27H,4,17,19-21H2,1-3H3,(H,31,35)/t27-/m0/s1. The lowest BCUT2D eigenvalue weighted by molar-refractivity contribution is -0.140. The monoisotopic (exact) mass is 555 g/mol. The van der Waals surface area contributed by atoms with Crippen LogP contribution in [0.1, 0.15) is 30.0 Å². The fourth-order valence-electron chi connectivity index (χ4n) is 4.13. The van der Waals surface area contributed by atoms with Crippen molar-refractivity contribution in [2.24, 2.45) is 0 Å². The van der Waals surface area contributed by atoms with E-state index in [-0.39, 0.29) is 18.9 Å². The first-order valence-corrected chi connectivity index (χ1v) is 14.7. The SMILES string of the molecule is CCCNC(=O)[C@H](Cc1ccccc1)N(Cc1ccccc1Cl)C(=O)CN(c1cccc(C)c1)S(C)(=O)=O. The number of halogens is 1. The first-order valence-electron chi connectivity index (χ1n) is 12.5. The molecule has 0 aliphatic rings. The molecule has 2 amide bonds. The third-order valence-corrected chi connectivity index (χ3v) is 7.60. The molecule has 1 atom stereocenters. The molecule has 9 heteroatoms. The van der Waals surface area contributed by atoms with Crippen molar-refractivity contribution in [3.05, 3.63) is 101 Å². The number of amides is 2. The number of carbonyl (C=O) groups is 2. The van der Waals surface area contributed by atoms with Gasteiger partial charge >= 0.3 is 0 Å². The van der Waals surface area contributed by atoms with Crippen LogP contribution in [0.15, 0.2) is 78.9 Å². The Hall–Kier alpha value is -3.36. The lowest BCUT2D eigenvalue weighted by atomic mass is 10.0. The molecule has 0 saturated carbocycles. The Kier molecular flexibility index (Phi) is 10.3. The molecule has 0 radical (unpaired) electrons. The number of hydrogen-bond donors (Lipinski definition) is 1. The van der Waals surface area contributed by atoms with Crippen molar-refractivity contribution >= 4 is 39.1 Å². The molecule has 1 N–H and O–H groups in total. The van der Waals surface area contributed by atoms with Gasteiger partial charge in [0.1, 0.15) is 12.6 Å². The minimum absolute atomic E-state index is 0.0426. The molecule has 3 aromatic carbocycles. The van der Waals surface area contributed by atoms with E-state index in [4.69, 9.17) is 11.6 Å². The molecule has 7 nitrogen and oxygen atoms in total. The Morgan fingerprint density at radius 1 is 0.974 bits per heavy atom. The number of sulfonamides is 1. The summed E-state index contributed by atoms with van der Waals surface area (Å²) in [6.07, 6.45) is 2.06. The van der Waals surface area contributed by atoms with Gasteiger partial charge in [-0.3, -0.25) is 13.9 Å². The van der Waals surface area contributed by atoms with Crippen molar-refractivity contribution < 1.29 is 18.0 Å². The van der Waals surface area contributed by atoms with Gasteiger partial charge in [0.25, 0.3) is 0 Å². The van der Waals surface area contributed by atoms with Crippen LogP contribution in [0.5, 0.6) is 0 Å². The molecule has 3 rings (SSSR count). The lowest BCUT2D eigenvalue weighted by Crippen LogP contribution is -2.53. The van der Waals surface area contributed by atoms with Crippen LogP contribution in [0.2, 0.25) is 5.02 Å². The van der Waals surface area contributed by atoms with Crippen molar-refractivity contribution in [3.8, 4) is 0 Å². The van der Waals surface area contributed by atoms with E-state index >= 15 is 0 Å². The van der Waals surface area contributed by atoms with E-state index in [1.54, 1.807) is 36.4 Å². The lowest BCUT2D eigenvalue weighted by Gasteiger charge is -2.33. The third kappa shape index (κ3) is 8.07. The second-order valence-corrected chi connectivity index (χ2v) is 11.5. The summed E-state index contributed by atoms with van der Waals surface area (Å²) in [5.41, 5.74) is 2.77. The second-order valence-electron chi connectivity index (χ2n) is 9.22. The van der Waals surface area contributed by atoms with Gasteiger partial charge in [0.2, 0.25) is 21.8 Å². The molecule has 0 spiro atoms. The maximum absolute atomic E-state index is 14.0. The summed E-state index contributed by atoms with van der Waals surface area (Å²) >= 11 is 6.45. The molecule has 3 aromatic rings. The zero-order valence-corrected chi connectivity index (χ0v) is 23.5. The molecule has 0 aliphatic heterocycles. The molecule has 0 fully saturated rings. The largest absolute Gasteiger partial charge is 0.354 e. The highest BCUT2D eigenvalue weighted by atomic mass is 35.5. The number of nitrogens with one attached hydrogen (secondary N) is 1. The van der Waals surface area contributed by atoms with Gasteiger partial charge in [0.05, 0.1) is 11.9 Å². The molecule has 0 saturated heterocycles. The summed E-state index contributed by atoms with van der Waals surface area (Å²) in [7, 11) is -3.80. The zero-order chi connectivity index (χ0) is 27.7. The predicted molar refractivity (Wildman–Crippen MR) is 153 cm³/mol. The molecule has 0 bridgehead atoms. The van der Waals surface area contributed by atoms with Gasteiger partial charge in [-0.25, -0.2) is 8.42 Å². The summed E-state index contributed by atoms with van der Waals surface area (Å²) in [6.45, 7) is 3.84. The van der Waals surface area contributed by atoms with Crippen LogP contribution < -0.4 is 9.62 Å². The van der Waals surface area contributed by atoms with E-state index in [0.717, 1.165) is 28.1 Å². The van der Waals surface area contributed by atoms with Crippen molar-refractivity contribution in [2.45, 2.75) is 39.3 Å². The maximum atomic E-state index is 14.0. The molecule has 202 valence electrons. The second kappa shape index (κ2) is 13.4. The Balaban J connectivity index is 2.05. The van der Waals surface area contributed by atoms with Crippen LogP contribution in [-0.4, -0.2) is 50.5 Å². The fraction of sp³-hybridized carbons (Fsp3) is 0.310. The Labute approximate surface area is 230 Å². The number of carbonyl (C=O) groups excluding carboxylic acids is 2. The quantitative estimate of drug-likeness (QED) is 0.354. The first-order chi connectivity index (χ1) is 18.1. The van der Waals surface area contributed by atoms with Gasteiger partial charge in [-0.1, -0.05) is 79.2 Å². The van der Waals surface area contributed by atoms with Crippen LogP contribution in [-0.2, 0) is 32.6 Å². The van der Waals surface area contributed by atoms with Crippen molar-refractivity contribution in [1.82, 2.24) is 10.2 Å². The van der Waals surface area contributed by atoms with Gasteiger partial charge in [0, 0.05) is 24.5 Å². The zero-order valence-electron chi connectivity index (χ0n) is 21.9. The minimum atomic E-state index is -3.80. The van der Waals surface area contributed by atoms with Crippen LogP contribution in [0.4, 0.5) is 5.69 Å². The normalized spacial score (nSPS) is 12.0. The molecule has 38 heavy (non-hydrogen) atoms. The fourth-order valence-corrected chi connectivity index (χ4v) is 5.16. The summed E-state index contributed by atoms with van der Waals surface area (Å²) in [6, 6.07) is 22.6. The van der Waals surface area contributed by atoms with E-state index in [9.17, 15) is 18.0 Å². The maximum Gasteiger partial charge on any atom is 0.244 e. The van der Waals surface area contributed by atoms with Crippen molar-refractivity contribution in [1.29, 1.82) is 0 Å². The summed E-state index contributed by atoms with van der Waals surface area (Å²) in [4.78, 5) is 28.9. The van der Waals surface area contributed by atoms with Crippen LogP contribution >= 0.6 is 11.6 Å². The van der Waals surface area contributed by atoms with E-state index < -0.39 is 28.5 Å². The molecule has 0 heterocycles. The minimum Gasteiger partial charge on any atom is -0.354 e. The number of benzene rings is 3. The van der Waals surface area contributed by atoms with E-state index in [1.807, 2.05) is 56.3 Å². The molecule has 0 aliphatic carbocycles. The Morgan fingerprint density at radius 3 is 2.29 bits per heavy atom. The van der Waals surface area contributed by atoms with Gasteiger partial charge in [-0.05, 0) is 48.2 Å². The van der Waals surface area contributed by atoms with Crippen LogP contribution in [0, 0.1) is 6.92 Å². The van der Waals surface area contributed by atoms with Crippen molar-refractivity contribution in [3.63, 3.8) is 0 Å². The molecule has 0 unspecified atom stereocenters. The molecule has 0 aromatic heterocycles. The van der Waals surface area contributed by atoms with Crippen LogP contribution in [0.3, 0.4) is 0 Å². The molecular weight excluding hydrogens is 522 g/mol. The smallest absolute Gasteiger partial charge is 0.244 e. The summed E-state index contributed by atoms with van der Waals surface area (Å²) in [5.74, 6) is -0.818. The number of hydrogen-bond acceptors (Lipinski definition) is 4. The number of aryl methyl sites for hydroxylation is 1. The van der Waals surface area contributed by atoms with Gasteiger partial charge in [-0.2, -0.15) is 0 Å². The first kappa shape index (κ1) is 29.2. The Morgan fingerprint density at radius 2 is 1.66 bits per heavy atom. The van der Waals surface area contributed by atoms with E-state index in [2.05, 4.69) is 5.32 Å². The highest BCUT2D eigenvalue weighted by Gasteiger charge is 2.33. The average Bonchev–Trinajstić information content (AvgIpc) is 2.88. The Bertz CT molecular complexity index is 1350. The number of nitrogens with zero attached hydrogens (tertiary/aromatic N) is 2. The third-order valence-electron chi connectivity index (χ3n) is 6.09. The molecular formula is C29H34ClN3O4S. The van der Waals surface area contributed by atoms with E-state index in [1.165, 1.54) is 4.90 Å². The topological polar surface area (TPSA) is 86.8 Å². The summed E-state index contributed by atoms with van der Waals surface area (Å²) in [5, 5.41) is 3.37. The number of anilines is 1. The highest BCUT2D eigenvalue weighted by Crippen LogP contribution is 2.23. The highest BCUT2D eigenvalue weighted by molar-refractivity contribution is 7.92. The summed E-state index contributed by atoms with van der Waals surface area (Å²) < 4.78 is 26.7. The average molecular weight is 556 g/mol. The van der Waals surface area contributed by atoms with Crippen LogP contribution in [0.25, 0.3) is 0 Å². The number of rotatable bonds is 12. The van der Waals surface area contributed by atoms with Gasteiger partial charge < -0.3 is 10.2 Å². The van der Waals surface area contributed by atoms with Crippen molar-refractivity contribution in [2.75, 3.05) is 23.7 Å². The van der Waals surface area contributed by atoms with E-state index in [0.29, 0.717) is 22.8 Å².